The second-order valence-electron chi connectivity index (χ2n) is 9.74. The van der Waals surface area contributed by atoms with Crippen molar-refractivity contribution in [2.24, 2.45) is 0 Å². The van der Waals surface area contributed by atoms with Crippen LogP contribution in [0, 0.1) is 0 Å². The molecule has 2 amide bonds. The number of hydrogen-bond donors (Lipinski definition) is 1. The molecular weight excluding hydrogens is 566 g/mol. The van der Waals surface area contributed by atoms with Crippen LogP contribution >= 0.6 is 11.6 Å². The van der Waals surface area contributed by atoms with Crippen LogP contribution in [-0.4, -0.2) is 63.7 Å². The van der Waals surface area contributed by atoms with E-state index in [1.165, 1.54) is 4.90 Å². The fraction of sp³-hybridized carbons (Fsp3) is 0.333. The summed E-state index contributed by atoms with van der Waals surface area (Å²) in [5.74, 6) is 0.0459. The quantitative estimate of drug-likeness (QED) is 0.337. The van der Waals surface area contributed by atoms with Gasteiger partial charge in [-0.05, 0) is 41.8 Å². The first-order chi connectivity index (χ1) is 19.7. The average Bonchev–Trinajstić information content (AvgIpc) is 2.97. The van der Waals surface area contributed by atoms with E-state index in [0.717, 1.165) is 28.1 Å². The first-order valence-electron chi connectivity index (χ1n) is 13.4. The molecule has 1 atom stereocenters. The molecule has 1 heterocycles. The Balaban J connectivity index is 1.71. The number of rotatable bonds is 12. The number of sulfonamides is 1. The van der Waals surface area contributed by atoms with Crippen LogP contribution in [0.4, 0.5) is 5.69 Å². The highest BCUT2D eigenvalue weighted by molar-refractivity contribution is 7.92. The number of amides is 2. The monoisotopic (exact) mass is 599 g/mol. The molecule has 4 rings (SSSR count). The molecule has 11 heteroatoms. The predicted octanol–water partition coefficient (Wildman–Crippen LogP) is 4.04. The van der Waals surface area contributed by atoms with Gasteiger partial charge in [0.05, 0.1) is 11.9 Å². The molecule has 1 N–H and O–H groups in total. The van der Waals surface area contributed by atoms with Crippen molar-refractivity contribution < 1.29 is 27.5 Å². The number of ether oxygens (including phenoxy) is 2. The number of halogens is 1. The Morgan fingerprint density at radius 2 is 1.63 bits per heavy atom. The number of benzene rings is 3. The van der Waals surface area contributed by atoms with E-state index in [2.05, 4.69) is 5.32 Å². The first kappa shape index (κ1) is 30.2. The highest BCUT2D eigenvalue weighted by Crippen LogP contribution is 2.34. The van der Waals surface area contributed by atoms with E-state index in [0.29, 0.717) is 36.3 Å². The van der Waals surface area contributed by atoms with Crippen molar-refractivity contribution in [3.8, 4) is 11.5 Å². The van der Waals surface area contributed by atoms with Crippen molar-refractivity contribution in [1.29, 1.82) is 0 Å². The first-order valence-corrected chi connectivity index (χ1v) is 15.6. The van der Waals surface area contributed by atoms with E-state index >= 15 is 0 Å². The second-order valence-corrected chi connectivity index (χ2v) is 12.1. The van der Waals surface area contributed by atoms with Gasteiger partial charge in [-0.1, -0.05) is 61.0 Å². The molecule has 0 aliphatic carbocycles. The van der Waals surface area contributed by atoms with E-state index in [4.69, 9.17) is 21.1 Å². The molecule has 3 aromatic carbocycles. The molecule has 0 spiro atoms. The molecule has 0 saturated heterocycles. The van der Waals surface area contributed by atoms with E-state index in [1.807, 2.05) is 37.3 Å². The fourth-order valence-corrected chi connectivity index (χ4v) is 5.47. The fourth-order valence-electron chi connectivity index (χ4n) is 4.51. The average molecular weight is 600 g/mol. The summed E-state index contributed by atoms with van der Waals surface area (Å²) in [6.45, 7) is 2.67. The summed E-state index contributed by atoms with van der Waals surface area (Å²) in [4.78, 5) is 29.1. The molecule has 9 nitrogen and oxygen atoms in total. The standard InChI is InChI=1S/C30H34ClN3O6S/c1-3-15-32-30(36)26(18-22-7-5-4-6-8-22)33(20-23-9-11-24(31)12-10-23)29(35)21-34(41(2,37)38)25-13-14-27-28(19-25)40-17-16-39-27/h4-14,19,26H,3,15-18,20-21H2,1-2H3,(H,32,36)/t26-/m0/s1. The zero-order valence-corrected chi connectivity index (χ0v) is 24.7. The van der Waals surface area contributed by atoms with Crippen molar-refractivity contribution in [3.63, 3.8) is 0 Å². The molecule has 3 aromatic rings. The van der Waals surface area contributed by atoms with E-state index in [1.54, 1.807) is 42.5 Å². The number of hydrogen-bond acceptors (Lipinski definition) is 6. The van der Waals surface area contributed by atoms with Crippen LogP contribution in [0.15, 0.2) is 72.8 Å². The SMILES string of the molecule is CCCNC(=O)[C@H](Cc1ccccc1)N(Cc1ccc(Cl)cc1)C(=O)CN(c1ccc2c(c1)OCCO2)S(C)(=O)=O. The van der Waals surface area contributed by atoms with Gasteiger partial charge in [-0.15, -0.1) is 0 Å². The van der Waals surface area contributed by atoms with Gasteiger partial charge in [0.1, 0.15) is 25.8 Å². The lowest BCUT2D eigenvalue weighted by atomic mass is 10.0. The summed E-state index contributed by atoms with van der Waals surface area (Å²) >= 11 is 6.09. The van der Waals surface area contributed by atoms with Crippen molar-refractivity contribution >= 4 is 39.1 Å². The molecule has 1 aliphatic rings. The largest absolute Gasteiger partial charge is 0.486 e. The van der Waals surface area contributed by atoms with Gasteiger partial charge >= 0.3 is 0 Å². The molecular formula is C30H34ClN3O6S. The van der Waals surface area contributed by atoms with Crippen molar-refractivity contribution in [2.75, 3.05) is 36.9 Å². The Kier molecular flexibility index (Phi) is 10.1. The topological polar surface area (TPSA) is 105 Å². The van der Waals surface area contributed by atoms with Crippen molar-refractivity contribution in [3.05, 3.63) is 88.9 Å². The van der Waals surface area contributed by atoms with Crippen LogP contribution in [-0.2, 0) is 32.6 Å². The Hall–Kier alpha value is -3.76. The Labute approximate surface area is 246 Å². The Bertz CT molecular complexity index is 1450. The summed E-state index contributed by atoms with van der Waals surface area (Å²) in [5, 5.41) is 3.45. The number of carbonyl (C=O) groups excluding carboxylic acids is 2. The van der Waals surface area contributed by atoms with Crippen LogP contribution in [0.1, 0.15) is 24.5 Å². The molecule has 1 aliphatic heterocycles. The smallest absolute Gasteiger partial charge is 0.244 e. The van der Waals surface area contributed by atoms with Crippen LogP contribution in [0.5, 0.6) is 11.5 Å². The van der Waals surface area contributed by atoms with Crippen LogP contribution < -0.4 is 19.1 Å². The molecule has 218 valence electrons. The number of nitrogens with one attached hydrogen (secondary N) is 1. The minimum atomic E-state index is -3.90. The van der Waals surface area contributed by atoms with Gasteiger partial charge < -0.3 is 19.7 Å². The van der Waals surface area contributed by atoms with Crippen molar-refractivity contribution in [2.45, 2.75) is 32.4 Å². The zero-order chi connectivity index (χ0) is 29.4. The molecule has 0 fully saturated rings. The van der Waals surface area contributed by atoms with Gasteiger partial charge in [0, 0.05) is 30.6 Å². The second kappa shape index (κ2) is 13.7. The number of nitrogens with zero attached hydrogens (tertiary/aromatic N) is 2. The maximum absolute atomic E-state index is 14.1. The van der Waals surface area contributed by atoms with Crippen LogP contribution in [0.3, 0.4) is 0 Å². The zero-order valence-electron chi connectivity index (χ0n) is 23.1. The minimum absolute atomic E-state index is 0.0752. The normalized spacial score (nSPS) is 13.2. The summed E-state index contributed by atoms with van der Waals surface area (Å²) in [5.41, 5.74) is 1.87. The van der Waals surface area contributed by atoms with Gasteiger partial charge in [0.2, 0.25) is 21.8 Å². The van der Waals surface area contributed by atoms with Gasteiger partial charge in [0.15, 0.2) is 11.5 Å². The molecule has 0 saturated carbocycles. The lowest BCUT2D eigenvalue weighted by Crippen LogP contribution is -2.53. The maximum atomic E-state index is 14.1. The van der Waals surface area contributed by atoms with E-state index < -0.39 is 28.5 Å². The number of fused-ring (bicyclic) bond motifs is 1. The third-order valence-corrected chi connectivity index (χ3v) is 7.97. The number of carbonyl (C=O) groups is 2. The lowest BCUT2D eigenvalue weighted by molar-refractivity contribution is -0.140. The maximum Gasteiger partial charge on any atom is 0.244 e. The summed E-state index contributed by atoms with van der Waals surface area (Å²) in [6.07, 6.45) is 2.01. The molecule has 0 radical (unpaired) electrons. The van der Waals surface area contributed by atoms with Gasteiger partial charge in [-0.2, -0.15) is 0 Å². The summed E-state index contributed by atoms with van der Waals surface area (Å²) < 4.78 is 38.2. The van der Waals surface area contributed by atoms with Gasteiger partial charge in [-0.3, -0.25) is 13.9 Å². The molecule has 41 heavy (non-hydrogen) atoms. The third kappa shape index (κ3) is 8.14. The predicted molar refractivity (Wildman–Crippen MR) is 159 cm³/mol. The van der Waals surface area contributed by atoms with Gasteiger partial charge in [-0.25, -0.2) is 8.42 Å². The van der Waals surface area contributed by atoms with Crippen LogP contribution in [0.25, 0.3) is 0 Å². The molecule has 0 aromatic heterocycles. The summed E-state index contributed by atoms with van der Waals surface area (Å²) in [6, 6.07) is 20.2. The van der Waals surface area contributed by atoms with Crippen molar-refractivity contribution in [1.82, 2.24) is 10.2 Å². The number of anilines is 1. The van der Waals surface area contributed by atoms with E-state index in [9.17, 15) is 18.0 Å². The highest BCUT2D eigenvalue weighted by atomic mass is 35.5. The molecule has 0 bridgehead atoms. The van der Waals surface area contributed by atoms with Gasteiger partial charge in [0.25, 0.3) is 0 Å². The Morgan fingerprint density at radius 3 is 2.29 bits per heavy atom. The van der Waals surface area contributed by atoms with E-state index in [-0.39, 0.29) is 24.6 Å². The lowest BCUT2D eigenvalue weighted by Gasteiger charge is -2.33. The Morgan fingerprint density at radius 1 is 0.951 bits per heavy atom. The van der Waals surface area contributed by atoms with Crippen LogP contribution in [0.2, 0.25) is 5.02 Å². The summed E-state index contributed by atoms with van der Waals surface area (Å²) in [7, 11) is -3.90. The highest BCUT2D eigenvalue weighted by Gasteiger charge is 2.33. The minimum Gasteiger partial charge on any atom is -0.486 e. The third-order valence-electron chi connectivity index (χ3n) is 6.58. The molecule has 0 unspecified atom stereocenters.